The number of sulfonamides is 1. The van der Waals surface area contributed by atoms with Crippen molar-refractivity contribution >= 4 is 31.6 Å². The number of anilines is 1. The molecule has 0 atom stereocenters. The van der Waals surface area contributed by atoms with E-state index in [1.54, 1.807) is 24.5 Å². The van der Waals surface area contributed by atoms with Crippen LogP contribution in [0.4, 0.5) is 5.69 Å². The van der Waals surface area contributed by atoms with Crippen LogP contribution in [-0.4, -0.2) is 30.0 Å². The smallest absolute Gasteiger partial charge is 0.245 e. The molecule has 0 saturated carbocycles. The SMILES string of the molecule is CN(Cc1cn[nH]c1)S(=O)(=O)c1ccc(Br)cc1N. The number of nitrogen functional groups attached to an aromatic ring is 1. The summed E-state index contributed by atoms with van der Waals surface area (Å²) in [5, 5.41) is 6.42. The van der Waals surface area contributed by atoms with Crippen molar-refractivity contribution in [3.05, 3.63) is 40.6 Å². The molecular weight excluding hydrogens is 332 g/mol. The molecule has 2 aromatic rings. The average Bonchev–Trinajstić information content (AvgIpc) is 2.81. The van der Waals surface area contributed by atoms with Gasteiger partial charge in [-0.2, -0.15) is 9.40 Å². The molecule has 0 aliphatic carbocycles. The fraction of sp³-hybridized carbons (Fsp3) is 0.182. The van der Waals surface area contributed by atoms with Crippen LogP contribution in [-0.2, 0) is 16.6 Å². The molecule has 0 bridgehead atoms. The van der Waals surface area contributed by atoms with Gasteiger partial charge in [-0.1, -0.05) is 15.9 Å². The number of rotatable bonds is 4. The first kappa shape index (κ1) is 14.0. The minimum absolute atomic E-state index is 0.0988. The van der Waals surface area contributed by atoms with E-state index in [4.69, 9.17) is 5.73 Å². The van der Waals surface area contributed by atoms with Crippen molar-refractivity contribution in [1.29, 1.82) is 0 Å². The normalized spacial score (nSPS) is 11.9. The van der Waals surface area contributed by atoms with Crippen LogP contribution in [0.2, 0.25) is 0 Å². The summed E-state index contributed by atoms with van der Waals surface area (Å²) in [6, 6.07) is 4.70. The Morgan fingerprint density at radius 1 is 1.47 bits per heavy atom. The molecule has 6 nitrogen and oxygen atoms in total. The Morgan fingerprint density at radius 3 is 2.79 bits per heavy atom. The largest absolute Gasteiger partial charge is 0.398 e. The van der Waals surface area contributed by atoms with Crippen molar-refractivity contribution in [3.63, 3.8) is 0 Å². The van der Waals surface area contributed by atoms with Crippen molar-refractivity contribution in [2.24, 2.45) is 0 Å². The Balaban J connectivity index is 2.31. The Labute approximate surface area is 119 Å². The fourth-order valence-corrected chi connectivity index (χ4v) is 3.26. The van der Waals surface area contributed by atoms with Crippen LogP contribution in [0.25, 0.3) is 0 Å². The average molecular weight is 345 g/mol. The lowest BCUT2D eigenvalue weighted by molar-refractivity contribution is 0.467. The number of halogens is 1. The maximum absolute atomic E-state index is 12.4. The molecule has 0 amide bonds. The molecule has 0 aliphatic heterocycles. The molecule has 0 radical (unpaired) electrons. The number of benzene rings is 1. The van der Waals surface area contributed by atoms with E-state index in [1.165, 1.54) is 17.4 Å². The highest BCUT2D eigenvalue weighted by molar-refractivity contribution is 9.10. The first-order chi connectivity index (χ1) is 8.91. The van der Waals surface area contributed by atoms with Crippen molar-refractivity contribution < 1.29 is 8.42 Å². The van der Waals surface area contributed by atoms with E-state index >= 15 is 0 Å². The van der Waals surface area contributed by atoms with E-state index < -0.39 is 10.0 Å². The van der Waals surface area contributed by atoms with Gasteiger partial charge in [0.15, 0.2) is 0 Å². The van der Waals surface area contributed by atoms with Crippen LogP contribution in [0.15, 0.2) is 40.0 Å². The van der Waals surface area contributed by atoms with Gasteiger partial charge in [0.25, 0.3) is 0 Å². The number of aromatic amines is 1. The monoisotopic (exact) mass is 344 g/mol. The third-order valence-electron chi connectivity index (χ3n) is 2.62. The predicted molar refractivity (Wildman–Crippen MR) is 75.8 cm³/mol. The van der Waals surface area contributed by atoms with E-state index in [9.17, 15) is 8.42 Å². The van der Waals surface area contributed by atoms with Gasteiger partial charge >= 0.3 is 0 Å². The topological polar surface area (TPSA) is 92.1 Å². The zero-order chi connectivity index (χ0) is 14.0. The molecule has 0 unspecified atom stereocenters. The minimum atomic E-state index is -3.62. The van der Waals surface area contributed by atoms with E-state index in [1.807, 2.05) is 0 Å². The molecule has 0 saturated heterocycles. The van der Waals surface area contributed by atoms with Crippen LogP contribution in [0.3, 0.4) is 0 Å². The lowest BCUT2D eigenvalue weighted by atomic mass is 10.3. The maximum atomic E-state index is 12.4. The third kappa shape index (κ3) is 2.96. The van der Waals surface area contributed by atoms with Crippen molar-refractivity contribution in [3.8, 4) is 0 Å². The summed E-state index contributed by atoms with van der Waals surface area (Å²) in [6.45, 7) is 0.230. The van der Waals surface area contributed by atoms with E-state index in [2.05, 4.69) is 26.1 Å². The highest BCUT2D eigenvalue weighted by Gasteiger charge is 2.23. The van der Waals surface area contributed by atoms with E-state index in [0.29, 0.717) is 0 Å². The van der Waals surface area contributed by atoms with Crippen LogP contribution in [0, 0.1) is 0 Å². The summed E-state index contributed by atoms with van der Waals surface area (Å²) in [5.41, 5.74) is 6.76. The van der Waals surface area contributed by atoms with Gasteiger partial charge < -0.3 is 5.73 Å². The summed E-state index contributed by atoms with van der Waals surface area (Å²) in [5.74, 6) is 0. The summed E-state index contributed by atoms with van der Waals surface area (Å²) >= 11 is 3.25. The highest BCUT2D eigenvalue weighted by Crippen LogP contribution is 2.25. The molecule has 1 heterocycles. The summed E-state index contributed by atoms with van der Waals surface area (Å²) in [4.78, 5) is 0.0988. The Hall–Kier alpha value is -1.38. The molecule has 1 aromatic carbocycles. The molecule has 8 heteroatoms. The first-order valence-electron chi connectivity index (χ1n) is 5.40. The van der Waals surface area contributed by atoms with Gasteiger partial charge in [0.05, 0.1) is 11.9 Å². The first-order valence-corrected chi connectivity index (χ1v) is 7.63. The molecule has 102 valence electrons. The number of aromatic nitrogens is 2. The van der Waals surface area contributed by atoms with Crippen LogP contribution < -0.4 is 5.73 Å². The number of nitrogens with two attached hydrogens (primary N) is 1. The zero-order valence-corrected chi connectivity index (χ0v) is 12.6. The van der Waals surface area contributed by atoms with Gasteiger partial charge in [-0.3, -0.25) is 5.10 Å². The second-order valence-electron chi connectivity index (χ2n) is 4.05. The Morgan fingerprint density at radius 2 is 2.21 bits per heavy atom. The van der Waals surface area contributed by atoms with Gasteiger partial charge in [-0.15, -0.1) is 0 Å². The predicted octanol–water partition coefficient (Wildman–Crippen LogP) is 1.58. The summed E-state index contributed by atoms with van der Waals surface area (Å²) < 4.78 is 26.8. The lowest BCUT2D eigenvalue weighted by Gasteiger charge is -2.17. The summed E-state index contributed by atoms with van der Waals surface area (Å²) in [7, 11) is -2.11. The maximum Gasteiger partial charge on any atom is 0.245 e. The number of nitrogens with one attached hydrogen (secondary N) is 1. The van der Waals surface area contributed by atoms with Gasteiger partial charge in [0.1, 0.15) is 4.90 Å². The zero-order valence-electron chi connectivity index (χ0n) is 10.2. The van der Waals surface area contributed by atoms with Crippen LogP contribution in [0.1, 0.15) is 5.56 Å². The van der Waals surface area contributed by atoms with E-state index in [-0.39, 0.29) is 17.1 Å². The van der Waals surface area contributed by atoms with Crippen molar-refractivity contribution in [1.82, 2.24) is 14.5 Å². The molecule has 0 aliphatic rings. The molecule has 3 N–H and O–H groups in total. The Kier molecular flexibility index (Phi) is 3.93. The molecule has 19 heavy (non-hydrogen) atoms. The molecule has 0 spiro atoms. The highest BCUT2D eigenvalue weighted by atomic mass is 79.9. The summed E-state index contributed by atoms with van der Waals surface area (Å²) in [6.07, 6.45) is 3.23. The molecule has 2 rings (SSSR count). The van der Waals surface area contributed by atoms with Gasteiger partial charge in [-0.05, 0) is 18.2 Å². The number of hydrogen-bond acceptors (Lipinski definition) is 4. The fourth-order valence-electron chi connectivity index (χ4n) is 1.63. The number of nitrogens with zero attached hydrogens (tertiary/aromatic N) is 2. The van der Waals surface area contributed by atoms with Crippen molar-refractivity contribution in [2.75, 3.05) is 12.8 Å². The van der Waals surface area contributed by atoms with Gasteiger partial charge in [0, 0.05) is 29.8 Å². The van der Waals surface area contributed by atoms with E-state index in [0.717, 1.165) is 10.0 Å². The van der Waals surface area contributed by atoms with Gasteiger partial charge in [-0.25, -0.2) is 8.42 Å². The quantitative estimate of drug-likeness (QED) is 0.823. The minimum Gasteiger partial charge on any atom is -0.398 e. The second kappa shape index (κ2) is 5.32. The third-order valence-corrected chi connectivity index (χ3v) is 4.99. The Bertz CT molecular complexity index is 670. The second-order valence-corrected chi connectivity index (χ2v) is 6.98. The number of H-pyrrole nitrogens is 1. The molecule has 0 fully saturated rings. The standard InChI is InChI=1S/C11H13BrN4O2S/c1-16(7-8-5-14-15-6-8)19(17,18)11-3-2-9(12)4-10(11)13/h2-6H,7,13H2,1H3,(H,14,15). The van der Waals surface area contributed by atoms with Crippen LogP contribution in [0.5, 0.6) is 0 Å². The van der Waals surface area contributed by atoms with Crippen molar-refractivity contribution in [2.45, 2.75) is 11.4 Å². The van der Waals surface area contributed by atoms with Gasteiger partial charge in [0.2, 0.25) is 10.0 Å². The molecular formula is C11H13BrN4O2S. The lowest BCUT2D eigenvalue weighted by Crippen LogP contribution is -2.27. The van der Waals surface area contributed by atoms with Crippen LogP contribution >= 0.6 is 15.9 Å². The molecule has 1 aromatic heterocycles. The number of hydrogen-bond donors (Lipinski definition) is 2.